The maximum absolute atomic E-state index is 13.3. The molecule has 1 unspecified atom stereocenters. The molecule has 0 radical (unpaired) electrons. The lowest BCUT2D eigenvalue weighted by Crippen LogP contribution is -2.02. The monoisotopic (exact) mass is 271 g/mol. The van der Waals surface area contributed by atoms with E-state index in [0.29, 0.717) is 11.1 Å². The molecule has 1 aromatic heterocycles. The van der Waals surface area contributed by atoms with Crippen molar-refractivity contribution < 1.29 is 13.9 Å². The number of rotatable bonds is 2. The third kappa shape index (κ3) is 2.14. The van der Waals surface area contributed by atoms with Crippen molar-refractivity contribution >= 4 is 10.8 Å². The summed E-state index contributed by atoms with van der Waals surface area (Å²) in [5, 5.41) is 12.1. The van der Waals surface area contributed by atoms with E-state index < -0.39 is 17.7 Å². The Bertz CT molecular complexity index is 768. The first-order valence-corrected chi connectivity index (χ1v) is 6.12. The summed E-state index contributed by atoms with van der Waals surface area (Å²) in [6.07, 6.45) is 2.18. The van der Waals surface area contributed by atoms with Crippen LogP contribution in [0.15, 0.2) is 54.9 Å². The van der Waals surface area contributed by atoms with E-state index in [1.165, 1.54) is 12.3 Å². The molecule has 1 heterocycles. The summed E-state index contributed by atoms with van der Waals surface area (Å²) in [5.41, 5.74) is 0.858. The zero-order chi connectivity index (χ0) is 14.1. The van der Waals surface area contributed by atoms with E-state index in [1.807, 2.05) is 24.3 Å². The summed E-state index contributed by atoms with van der Waals surface area (Å²) < 4.78 is 26.2. The zero-order valence-corrected chi connectivity index (χ0v) is 10.4. The molecule has 3 aromatic rings. The SMILES string of the molecule is OC(c1ccc(F)c(F)c1)c1cncc2ccccc12. The largest absolute Gasteiger partial charge is 0.384 e. The molecule has 0 saturated heterocycles. The van der Waals surface area contributed by atoms with Crippen molar-refractivity contribution in [2.24, 2.45) is 0 Å². The number of fused-ring (bicyclic) bond motifs is 1. The van der Waals surface area contributed by atoms with Crippen molar-refractivity contribution in [3.63, 3.8) is 0 Å². The van der Waals surface area contributed by atoms with E-state index >= 15 is 0 Å². The second-order valence-corrected chi connectivity index (χ2v) is 4.53. The minimum Gasteiger partial charge on any atom is -0.384 e. The van der Waals surface area contributed by atoms with Gasteiger partial charge in [-0.15, -0.1) is 0 Å². The maximum atomic E-state index is 13.3. The van der Waals surface area contributed by atoms with Crippen LogP contribution in [0, 0.1) is 11.6 Å². The van der Waals surface area contributed by atoms with E-state index in [1.54, 1.807) is 6.20 Å². The summed E-state index contributed by atoms with van der Waals surface area (Å²) in [6.45, 7) is 0. The Morgan fingerprint density at radius 3 is 2.55 bits per heavy atom. The summed E-state index contributed by atoms with van der Waals surface area (Å²) >= 11 is 0. The van der Waals surface area contributed by atoms with Crippen LogP contribution < -0.4 is 0 Å². The van der Waals surface area contributed by atoms with Crippen LogP contribution in [0.2, 0.25) is 0 Å². The smallest absolute Gasteiger partial charge is 0.159 e. The standard InChI is InChI=1S/C16H11F2NO/c17-14-6-5-10(7-15(14)18)16(20)13-9-19-8-11-3-1-2-4-12(11)13/h1-9,16,20H. The van der Waals surface area contributed by atoms with Crippen LogP contribution in [-0.2, 0) is 0 Å². The Morgan fingerprint density at radius 1 is 0.950 bits per heavy atom. The molecule has 0 fully saturated rings. The minimum atomic E-state index is -1.05. The lowest BCUT2D eigenvalue weighted by atomic mass is 9.98. The Morgan fingerprint density at radius 2 is 1.75 bits per heavy atom. The molecule has 1 N–H and O–H groups in total. The Balaban J connectivity index is 2.12. The molecule has 0 aliphatic rings. The molecule has 0 aliphatic heterocycles. The zero-order valence-electron chi connectivity index (χ0n) is 10.4. The number of aromatic nitrogens is 1. The normalized spacial score (nSPS) is 12.6. The molecule has 4 heteroatoms. The highest BCUT2D eigenvalue weighted by molar-refractivity contribution is 5.85. The summed E-state index contributed by atoms with van der Waals surface area (Å²) in [5.74, 6) is -1.91. The van der Waals surface area contributed by atoms with Gasteiger partial charge in [0, 0.05) is 23.3 Å². The molecule has 2 nitrogen and oxygen atoms in total. The summed E-state index contributed by atoms with van der Waals surface area (Å²) in [6, 6.07) is 10.8. The number of pyridine rings is 1. The maximum Gasteiger partial charge on any atom is 0.159 e. The average Bonchev–Trinajstić information content (AvgIpc) is 2.49. The van der Waals surface area contributed by atoms with E-state index in [2.05, 4.69) is 4.98 Å². The number of aliphatic hydroxyl groups excluding tert-OH is 1. The van der Waals surface area contributed by atoms with Crippen LogP contribution in [0.25, 0.3) is 10.8 Å². The van der Waals surface area contributed by atoms with Gasteiger partial charge in [0.1, 0.15) is 6.10 Å². The van der Waals surface area contributed by atoms with Gasteiger partial charge in [-0.1, -0.05) is 30.3 Å². The number of halogens is 2. The molecule has 3 rings (SSSR count). The third-order valence-electron chi connectivity index (χ3n) is 3.25. The highest BCUT2D eigenvalue weighted by Gasteiger charge is 2.15. The van der Waals surface area contributed by atoms with Gasteiger partial charge >= 0.3 is 0 Å². The molecular weight excluding hydrogens is 260 g/mol. The highest BCUT2D eigenvalue weighted by atomic mass is 19.2. The Hall–Kier alpha value is -2.33. The van der Waals surface area contributed by atoms with Crippen LogP contribution in [-0.4, -0.2) is 10.1 Å². The number of hydrogen-bond donors (Lipinski definition) is 1. The van der Waals surface area contributed by atoms with Crippen molar-refractivity contribution in [1.29, 1.82) is 0 Å². The number of benzene rings is 2. The molecule has 0 bridgehead atoms. The van der Waals surface area contributed by atoms with E-state index in [4.69, 9.17) is 0 Å². The molecular formula is C16H11F2NO. The fourth-order valence-corrected chi connectivity index (χ4v) is 2.22. The molecule has 2 aromatic carbocycles. The quantitative estimate of drug-likeness (QED) is 0.772. The first-order chi connectivity index (χ1) is 9.66. The molecule has 0 spiro atoms. The predicted molar refractivity (Wildman–Crippen MR) is 72.2 cm³/mol. The fourth-order valence-electron chi connectivity index (χ4n) is 2.22. The van der Waals surface area contributed by atoms with Gasteiger partial charge in [0.2, 0.25) is 0 Å². The van der Waals surface area contributed by atoms with Crippen molar-refractivity contribution in [3.8, 4) is 0 Å². The van der Waals surface area contributed by atoms with Crippen molar-refractivity contribution in [2.75, 3.05) is 0 Å². The molecule has 0 aliphatic carbocycles. The van der Waals surface area contributed by atoms with E-state index in [-0.39, 0.29) is 0 Å². The van der Waals surface area contributed by atoms with Gasteiger partial charge in [0.25, 0.3) is 0 Å². The van der Waals surface area contributed by atoms with Gasteiger partial charge in [0.15, 0.2) is 11.6 Å². The molecule has 1 atom stereocenters. The topological polar surface area (TPSA) is 33.1 Å². The molecule has 0 saturated carbocycles. The lowest BCUT2D eigenvalue weighted by Gasteiger charge is -2.14. The second kappa shape index (κ2) is 4.98. The van der Waals surface area contributed by atoms with Gasteiger partial charge in [-0.3, -0.25) is 4.98 Å². The first kappa shape index (κ1) is 12.7. The number of hydrogen-bond acceptors (Lipinski definition) is 2. The van der Waals surface area contributed by atoms with E-state index in [9.17, 15) is 13.9 Å². The molecule has 100 valence electrons. The van der Waals surface area contributed by atoms with Crippen molar-refractivity contribution in [1.82, 2.24) is 4.98 Å². The van der Waals surface area contributed by atoms with Gasteiger partial charge in [-0.05, 0) is 23.1 Å². The van der Waals surface area contributed by atoms with E-state index in [0.717, 1.165) is 22.9 Å². The van der Waals surface area contributed by atoms with Crippen LogP contribution in [0.1, 0.15) is 17.2 Å². The highest BCUT2D eigenvalue weighted by Crippen LogP contribution is 2.28. The summed E-state index contributed by atoms with van der Waals surface area (Å²) in [4.78, 5) is 4.07. The third-order valence-corrected chi connectivity index (χ3v) is 3.25. The van der Waals surface area contributed by atoms with Gasteiger partial charge in [-0.25, -0.2) is 8.78 Å². The minimum absolute atomic E-state index is 0.294. The number of nitrogens with zero attached hydrogens (tertiary/aromatic N) is 1. The summed E-state index contributed by atoms with van der Waals surface area (Å²) in [7, 11) is 0. The van der Waals surface area contributed by atoms with Gasteiger partial charge in [-0.2, -0.15) is 0 Å². The fraction of sp³-hybridized carbons (Fsp3) is 0.0625. The van der Waals surface area contributed by atoms with Gasteiger partial charge < -0.3 is 5.11 Å². The van der Waals surface area contributed by atoms with Crippen LogP contribution >= 0.6 is 0 Å². The Labute approximate surface area is 114 Å². The van der Waals surface area contributed by atoms with Crippen molar-refractivity contribution in [2.45, 2.75) is 6.10 Å². The second-order valence-electron chi connectivity index (χ2n) is 4.53. The molecule has 0 amide bonds. The van der Waals surface area contributed by atoms with Crippen LogP contribution in [0.3, 0.4) is 0 Å². The predicted octanol–water partition coefficient (Wildman–Crippen LogP) is 3.59. The van der Waals surface area contributed by atoms with Gasteiger partial charge in [0.05, 0.1) is 0 Å². The Kier molecular flexibility index (Phi) is 3.16. The number of aliphatic hydroxyl groups is 1. The first-order valence-electron chi connectivity index (χ1n) is 6.12. The lowest BCUT2D eigenvalue weighted by molar-refractivity contribution is 0.220. The average molecular weight is 271 g/mol. The molecule has 20 heavy (non-hydrogen) atoms. The van der Waals surface area contributed by atoms with Crippen LogP contribution in [0.5, 0.6) is 0 Å². The van der Waals surface area contributed by atoms with Crippen LogP contribution in [0.4, 0.5) is 8.78 Å². The van der Waals surface area contributed by atoms with Crippen molar-refractivity contribution in [3.05, 3.63) is 77.6 Å².